The molecule has 3 rings (SSSR count). The van der Waals surface area contributed by atoms with Crippen LogP contribution in [-0.2, 0) is 0 Å². The molecule has 0 saturated heterocycles. The molecule has 2 heterocycles. The van der Waals surface area contributed by atoms with E-state index in [4.69, 9.17) is 0 Å². The maximum atomic E-state index is 12.3. The van der Waals surface area contributed by atoms with Crippen molar-refractivity contribution in [1.82, 2.24) is 14.4 Å². The predicted octanol–water partition coefficient (Wildman–Crippen LogP) is 2.27. The fraction of sp³-hybridized carbons (Fsp3) is 0.0714. The largest absolute Gasteiger partial charge is 0.287 e. The number of benzene rings is 1. The van der Waals surface area contributed by atoms with Crippen molar-refractivity contribution in [3.8, 4) is 0 Å². The minimum absolute atomic E-state index is 0.0458. The molecule has 4 heteroatoms. The Labute approximate surface area is 104 Å². The van der Waals surface area contributed by atoms with Gasteiger partial charge in [0.15, 0.2) is 0 Å². The maximum Gasteiger partial charge on any atom is 0.234 e. The standard InChI is InChI=1S/C14H11N3O/c1-10-3-5-11(6-4-10)13(18)12-9-16-14-15-7-2-8-17(12)14/h2-9H,1H3. The molecule has 0 radical (unpaired) electrons. The number of fused-ring (bicyclic) bond motifs is 1. The van der Waals surface area contributed by atoms with Gasteiger partial charge in [-0.2, -0.15) is 0 Å². The van der Waals surface area contributed by atoms with Crippen LogP contribution in [0.3, 0.4) is 0 Å². The molecule has 0 unspecified atom stereocenters. The molecule has 0 spiro atoms. The number of rotatable bonds is 2. The Balaban J connectivity index is 2.09. The fourth-order valence-electron chi connectivity index (χ4n) is 1.85. The van der Waals surface area contributed by atoms with Crippen molar-refractivity contribution in [2.75, 3.05) is 0 Å². The number of aromatic nitrogens is 3. The van der Waals surface area contributed by atoms with E-state index in [1.807, 2.05) is 31.2 Å². The van der Waals surface area contributed by atoms with Gasteiger partial charge < -0.3 is 0 Å². The van der Waals surface area contributed by atoms with Crippen molar-refractivity contribution < 1.29 is 4.79 Å². The summed E-state index contributed by atoms with van der Waals surface area (Å²) in [5.41, 5.74) is 2.32. The van der Waals surface area contributed by atoms with Crippen molar-refractivity contribution in [3.63, 3.8) is 0 Å². The topological polar surface area (TPSA) is 47.3 Å². The number of carbonyl (C=O) groups excluding carboxylic acids is 1. The number of ketones is 1. The SMILES string of the molecule is Cc1ccc(C(=O)c2cnc3ncccn23)cc1. The van der Waals surface area contributed by atoms with E-state index in [9.17, 15) is 4.79 Å². The summed E-state index contributed by atoms with van der Waals surface area (Å²) in [6, 6.07) is 9.28. The van der Waals surface area contributed by atoms with Crippen molar-refractivity contribution in [1.29, 1.82) is 0 Å². The summed E-state index contributed by atoms with van der Waals surface area (Å²) in [5.74, 6) is 0.489. The van der Waals surface area contributed by atoms with E-state index in [0.717, 1.165) is 5.56 Å². The number of carbonyl (C=O) groups is 1. The Morgan fingerprint density at radius 3 is 2.72 bits per heavy atom. The summed E-state index contributed by atoms with van der Waals surface area (Å²) in [5, 5.41) is 0. The first kappa shape index (κ1) is 10.7. The van der Waals surface area contributed by atoms with E-state index < -0.39 is 0 Å². The lowest BCUT2D eigenvalue weighted by Gasteiger charge is -2.01. The zero-order valence-corrected chi connectivity index (χ0v) is 9.87. The number of nitrogens with zero attached hydrogens (tertiary/aromatic N) is 3. The third-order valence-corrected chi connectivity index (χ3v) is 2.83. The van der Waals surface area contributed by atoms with Crippen LogP contribution in [0.4, 0.5) is 0 Å². The summed E-state index contributed by atoms with van der Waals surface area (Å²) in [6.07, 6.45) is 5.00. The molecular formula is C14H11N3O. The molecule has 18 heavy (non-hydrogen) atoms. The highest BCUT2D eigenvalue weighted by molar-refractivity contribution is 6.08. The Morgan fingerprint density at radius 2 is 1.94 bits per heavy atom. The van der Waals surface area contributed by atoms with Crippen LogP contribution in [-0.4, -0.2) is 20.2 Å². The maximum absolute atomic E-state index is 12.3. The molecule has 0 bridgehead atoms. The zero-order valence-electron chi connectivity index (χ0n) is 9.87. The first-order chi connectivity index (χ1) is 8.75. The van der Waals surface area contributed by atoms with Gasteiger partial charge in [-0.05, 0) is 13.0 Å². The van der Waals surface area contributed by atoms with Crippen LogP contribution in [0.5, 0.6) is 0 Å². The smallest absolute Gasteiger partial charge is 0.234 e. The second-order valence-electron chi connectivity index (χ2n) is 4.13. The van der Waals surface area contributed by atoms with Crippen molar-refractivity contribution in [2.45, 2.75) is 6.92 Å². The first-order valence-electron chi connectivity index (χ1n) is 5.65. The summed E-state index contributed by atoms with van der Waals surface area (Å²) in [4.78, 5) is 20.5. The summed E-state index contributed by atoms with van der Waals surface area (Å²) in [7, 11) is 0. The summed E-state index contributed by atoms with van der Waals surface area (Å²) >= 11 is 0. The van der Waals surface area contributed by atoms with E-state index in [-0.39, 0.29) is 5.78 Å². The quantitative estimate of drug-likeness (QED) is 0.642. The highest BCUT2D eigenvalue weighted by atomic mass is 16.1. The van der Waals surface area contributed by atoms with Gasteiger partial charge in [0.25, 0.3) is 0 Å². The van der Waals surface area contributed by atoms with Crippen LogP contribution in [0.2, 0.25) is 0 Å². The third-order valence-electron chi connectivity index (χ3n) is 2.83. The van der Waals surface area contributed by atoms with Crippen LogP contribution in [0.25, 0.3) is 5.78 Å². The van der Waals surface area contributed by atoms with Gasteiger partial charge in [0.2, 0.25) is 11.6 Å². The molecule has 0 saturated carbocycles. The molecule has 1 aromatic carbocycles. The van der Waals surface area contributed by atoms with Gasteiger partial charge in [0.05, 0.1) is 6.20 Å². The van der Waals surface area contributed by atoms with E-state index >= 15 is 0 Å². The third kappa shape index (κ3) is 1.68. The monoisotopic (exact) mass is 237 g/mol. The van der Waals surface area contributed by atoms with Crippen LogP contribution in [0.1, 0.15) is 21.6 Å². The fourth-order valence-corrected chi connectivity index (χ4v) is 1.85. The number of hydrogen-bond donors (Lipinski definition) is 0. The second-order valence-corrected chi connectivity index (χ2v) is 4.13. The highest BCUT2D eigenvalue weighted by Gasteiger charge is 2.14. The summed E-state index contributed by atoms with van der Waals surface area (Å²) in [6.45, 7) is 1.99. The second kappa shape index (κ2) is 4.07. The lowest BCUT2D eigenvalue weighted by atomic mass is 10.1. The first-order valence-corrected chi connectivity index (χ1v) is 5.65. The number of hydrogen-bond acceptors (Lipinski definition) is 3. The van der Waals surface area contributed by atoms with Gasteiger partial charge in [-0.15, -0.1) is 0 Å². The van der Waals surface area contributed by atoms with Gasteiger partial charge in [0, 0.05) is 18.0 Å². The van der Waals surface area contributed by atoms with E-state index in [2.05, 4.69) is 9.97 Å². The van der Waals surface area contributed by atoms with E-state index in [0.29, 0.717) is 17.0 Å². The van der Waals surface area contributed by atoms with Gasteiger partial charge in [0.1, 0.15) is 5.69 Å². The normalized spacial score (nSPS) is 10.7. The molecule has 2 aromatic heterocycles. The van der Waals surface area contributed by atoms with Gasteiger partial charge >= 0.3 is 0 Å². The molecule has 0 amide bonds. The van der Waals surface area contributed by atoms with Crippen molar-refractivity contribution in [2.24, 2.45) is 0 Å². The molecular weight excluding hydrogens is 226 g/mol. The molecule has 0 N–H and O–H groups in total. The Bertz CT molecular complexity index is 713. The Hall–Kier alpha value is -2.49. The predicted molar refractivity (Wildman–Crippen MR) is 67.6 cm³/mol. The molecule has 0 atom stereocenters. The van der Waals surface area contributed by atoms with Crippen LogP contribution in [0, 0.1) is 6.92 Å². The van der Waals surface area contributed by atoms with Gasteiger partial charge in [-0.3, -0.25) is 9.20 Å². The highest BCUT2D eigenvalue weighted by Crippen LogP contribution is 2.12. The van der Waals surface area contributed by atoms with E-state index in [1.165, 1.54) is 0 Å². The molecule has 3 aromatic rings. The Kier molecular flexibility index (Phi) is 2.41. The summed E-state index contributed by atoms with van der Waals surface area (Å²) < 4.78 is 1.70. The Morgan fingerprint density at radius 1 is 1.17 bits per heavy atom. The van der Waals surface area contributed by atoms with Crippen LogP contribution in [0.15, 0.2) is 48.9 Å². The van der Waals surface area contributed by atoms with Gasteiger partial charge in [-0.25, -0.2) is 9.97 Å². The van der Waals surface area contributed by atoms with Crippen molar-refractivity contribution in [3.05, 3.63) is 65.7 Å². The molecule has 0 aliphatic rings. The average molecular weight is 237 g/mol. The molecule has 4 nitrogen and oxygen atoms in total. The number of aryl methyl sites for hydroxylation is 1. The molecule has 88 valence electrons. The van der Waals surface area contributed by atoms with Crippen molar-refractivity contribution >= 4 is 11.6 Å². The minimum atomic E-state index is -0.0458. The van der Waals surface area contributed by atoms with Gasteiger partial charge in [-0.1, -0.05) is 29.8 Å². The molecule has 0 fully saturated rings. The lowest BCUT2D eigenvalue weighted by Crippen LogP contribution is -2.05. The minimum Gasteiger partial charge on any atom is -0.287 e. The van der Waals surface area contributed by atoms with E-state index in [1.54, 1.807) is 29.1 Å². The van der Waals surface area contributed by atoms with Crippen LogP contribution < -0.4 is 0 Å². The lowest BCUT2D eigenvalue weighted by molar-refractivity contribution is 0.103. The number of imidazole rings is 1. The zero-order chi connectivity index (χ0) is 12.5. The molecule has 0 aliphatic heterocycles. The van der Waals surface area contributed by atoms with Crippen LogP contribution >= 0.6 is 0 Å². The molecule has 0 aliphatic carbocycles. The average Bonchev–Trinajstić information content (AvgIpc) is 2.82.